The number of hydrogen-bond acceptors (Lipinski definition) is 5. The van der Waals surface area contributed by atoms with Crippen molar-refractivity contribution in [3.05, 3.63) is 33.9 Å². The zero-order chi connectivity index (χ0) is 13.1. The van der Waals surface area contributed by atoms with Gasteiger partial charge in [0.25, 0.3) is 0 Å². The van der Waals surface area contributed by atoms with E-state index in [2.05, 4.69) is 20.9 Å². The molecule has 0 aliphatic carbocycles. The lowest BCUT2D eigenvalue weighted by atomic mass is 10.2. The number of aliphatic imine (C=N–C) groups is 1. The molecule has 1 aliphatic rings. The highest BCUT2D eigenvalue weighted by Gasteiger charge is 2.21. The maximum Gasteiger partial charge on any atom is 0.244 e. The fourth-order valence-corrected chi connectivity index (χ4v) is 3.23. The molecular formula is C12H10BrNO2S2. The molecule has 0 radical (unpaired) electrons. The molecule has 2 rings (SSSR count). The molecule has 0 aromatic heterocycles. The molecule has 0 bridgehead atoms. The number of methoxy groups -OCH3 is 1. The van der Waals surface area contributed by atoms with E-state index in [-0.39, 0.29) is 5.12 Å². The lowest BCUT2D eigenvalue weighted by molar-refractivity contribution is -0.107. The van der Waals surface area contributed by atoms with E-state index in [4.69, 9.17) is 4.74 Å². The molecule has 1 aromatic carbocycles. The molecule has 0 saturated heterocycles. The largest absolute Gasteiger partial charge is 0.496 e. The average molecular weight is 344 g/mol. The SMILES string of the molecule is COc1ccc(C=C2N=C(SC)SC2=O)cc1Br. The average Bonchev–Trinajstić information content (AvgIpc) is 2.70. The van der Waals surface area contributed by atoms with Gasteiger partial charge in [0.1, 0.15) is 15.8 Å². The Morgan fingerprint density at radius 3 is 2.83 bits per heavy atom. The van der Waals surface area contributed by atoms with E-state index >= 15 is 0 Å². The van der Waals surface area contributed by atoms with Gasteiger partial charge in [0.2, 0.25) is 5.12 Å². The van der Waals surface area contributed by atoms with Crippen LogP contribution in [0.5, 0.6) is 5.75 Å². The van der Waals surface area contributed by atoms with Gasteiger partial charge in [0, 0.05) is 0 Å². The lowest BCUT2D eigenvalue weighted by Gasteiger charge is -2.03. The molecule has 0 atom stereocenters. The third-order valence-electron chi connectivity index (χ3n) is 2.25. The van der Waals surface area contributed by atoms with Crippen LogP contribution in [0.25, 0.3) is 6.08 Å². The highest BCUT2D eigenvalue weighted by molar-refractivity contribution is 9.10. The molecular weight excluding hydrogens is 334 g/mol. The van der Waals surface area contributed by atoms with E-state index in [0.29, 0.717) is 5.70 Å². The van der Waals surface area contributed by atoms with Crippen molar-refractivity contribution in [3.63, 3.8) is 0 Å². The van der Waals surface area contributed by atoms with E-state index in [9.17, 15) is 4.79 Å². The summed E-state index contributed by atoms with van der Waals surface area (Å²) in [6.07, 6.45) is 3.69. The van der Waals surface area contributed by atoms with Gasteiger partial charge < -0.3 is 4.74 Å². The van der Waals surface area contributed by atoms with Crippen LogP contribution in [0.1, 0.15) is 5.56 Å². The molecule has 0 spiro atoms. The van der Waals surface area contributed by atoms with Gasteiger partial charge in [-0.1, -0.05) is 6.07 Å². The van der Waals surface area contributed by atoms with Crippen molar-refractivity contribution >= 4 is 55.0 Å². The molecule has 0 N–H and O–H groups in total. The van der Waals surface area contributed by atoms with Gasteiger partial charge >= 0.3 is 0 Å². The number of rotatable bonds is 2. The van der Waals surface area contributed by atoms with Crippen molar-refractivity contribution in [1.82, 2.24) is 0 Å². The summed E-state index contributed by atoms with van der Waals surface area (Å²) in [6.45, 7) is 0. The van der Waals surface area contributed by atoms with Crippen LogP contribution in [-0.2, 0) is 4.79 Å². The van der Waals surface area contributed by atoms with Crippen molar-refractivity contribution in [2.45, 2.75) is 0 Å². The molecule has 0 amide bonds. The van der Waals surface area contributed by atoms with E-state index < -0.39 is 0 Å². The van der Waals surface area contributed by atoms with Gasteiger partial charge in [-0.05, 0) is 57.7 Å². The summed E-state index contributed by atoms with van der Waals surface area (Å²) < 4.78 is 6.80. The molecule has 18 heavy (non-hydrogen) atoms. The summed E-state index contributed by atoms with van der Waals surface area (Å²) in [5.41, 5.74) is 1.40. The summed E-state index contributed by atoms with van der Waals surface area (Å²) in [5.74, 6) is 0.762. The molecule has 0 saturated carbocycles. The lowest BCUT2D eigenvalue weighted by Crippen LogP contribution is -1.89. The molecule has 94 valence electrons. The minimum Gasteiger partial charge on any atom is -0.496 e. The van der Waals surface area contributed by atoms with Gasteiger partial charge in [0.05, 0.1) is 11.6 Å². The van der Waals surface area contributed by atoms with Crippen molar-refractivity contribution in [1.29, 1.82) is 0 Å². The number of hydrogen-bond donors (Lipinski definition) is 0. The molecule has 3 nitrogen and oxygen atoms in total. The topological polar surface area (TPSA) is 38.7 Å². The highest BCUT2D eigenvalue weighted by Crippen LogP contribution is 2.31. The number of carbonyl (C=O) groups excluding carboxylic acids is 1. The smallest absolute Gasteiger partial charge is 0.244 e. The van der Waals surface area contributed by atoms with E-state index in [1.807, 2.05) is 24.5 Å². The Kier molecular flexibility index (Phi) is 4.53. The normalized spacial score (nSPS) is 17.2. The van der Waals surface area contributed by atoms with Crippen LogP contribution >= 0.6 is 39.5 Å². The Labute approximate surface area is 122 Å². The second-order valence-electron chi connectivity index (χ2n) is 3.39. The fourth-order valence-electron chi connectivity index (χ4n) is 1.41. The van der Waals surface area contributed by atoms with Gasteiger partial charge in [-0.25, -0.2) is 4.99 Å². The van der Waals surface area contributed by atoms with Crippen LogP contribution in [0.3, 0.4) is 0 Å². The molecule has 0 fully saturated rings. The molecule has 1 heterocycles. The van der Waals surface area contributed by atoms with Crippen LogP contribution in [0.4, 0.5) is 0 Å². The summed E-state index contributed by atoms with van der Waals surface area (Å²) in [6, 6.07) is 5.64. The van der Waals surface area contributed by atoms with E-state index in [0.717, 1.165) is 20.2 Å². The van der Waals surface area contributed by atoms with Crippen molar-refractivity contribution < 1.29 is 9.53 Å². The monoisotopic (exact) mass is 343 g/mol. The summed E-state index contributed by atoms with van der Waals surface area (Å²) in [5, 5.41) is -0.00806. The van der Waals surface area contributed by atoms with Crippen LogP contribution in [-0.4, -0.2) is 22.9 Å². The summed E-state index contributed by atoms with van der Waals surface area (Å²) in [4.78, 5) is 15.9. The number of benzene rings is 1. The second kappa shape index (κ2) is 5.95. The second-order valence-corrected chi connectivity index (χ2v) is 6.26. The van der Waals surface area contributed by atoms with Gasteiger partial charge in [-0.2, -0.15) is 0 Å². The first-order valence-electron chi connectivity index (χ1n) is 5.04. The quantitative estimate of drug-likeness (QED) is 0.765. The predicted molar refractivity (Wildman–Crippen MR) is 82.2 cm³/mol. The van der Waals surface area contributed by atoms with E-state index in [1.165, 1.54) is 23.5 Å². The van der Waals surface area contributed by atoms with Crippen molar-refractivity contribution in [3.8, 4) is 5.75 Å². The Morgan fingerprint density at radius 2 is 2.28 bits per heavy atom. The van der Waals surface area contributed by atoms with Crippen molar-refractivity contribution in [2.75, 3.05) is 13.4 Å². The van der Waals surface area contributed by atoms with Gasteiger partial charge in [-0.3, -0.25) is 4.79 Å². The van der Waals surface area contributed by atoms with Gasteiger partial charge in [0.15, 0.2) is 0 Å². The zero-order valence-electron chi connectivity index (χ0n) is 9.77. The molecule has 0 unspecified atom stereocenters. The summed E-state index contributed by atoms with van der Waals surface area (Å²) in [7, 11) is 1.62. The Hall–Kier alpha value is -0.720. The first kappa shape index (κ1) is 13.7. The first-order chi connectivity index (χ1) is 8.63. The molecule has 1 aromatic rings. The van der Waals surface area contributed by atoms with Crippen LogP contribution < -0.4 is 4.74 Å². The maximum atomic E-state index is 11.7. The number of carbonyl (C=O) groups is 1. The predicted octanol–water partition coefficient (Wildman–Crippen LogP) is 3.79. The van der Waals surface area contributed by atoms with Crippen molar-refractivity contribution in [2.24, 2.45) is 4.99 Å². The molecule has 6 heteroatoms. The zero-order valence-corrected chi connectivity index (χ0v) is 13.0. The van der Waals surface area contributed by atoms with Crippen LogP contribution in [0.15, 0.2) is 33.4 Å². The Morgan fingerprint density at radius 1 is 1.50 bits per heavy atom. The van der Waals surface area contributed by atoms with E-state index in [1.54, 1.807) is 13.2 Å². The number of ether oxygens (including phenoxy) is 1. The van der Waals surface area contributed by atoms with Crippen LogP contribution in [0.2, 0.25) is 0 Å². The summed E-state index contributed by atoms with van der Waals surface area (Å²) >= 11 is 6.07. The Bertz CT molecular complexity index is 555. The molecule has 1 aliphatic heterocycles. The number of halogens is 1. The standard InChI is InChI=1S/C12H10BrNO2S2/c1-16-10-4-3-7(5-8(10)13)6-9-11(15)18-12(14-9)17-2/h3-6H,1-2H3. The number of thioether (sulfide) groups is 2. The van der Waals surface area contributed by atoms with Crippen LogP contribution in [0, 0.1) is 0 Å². The third-order valence-corrected chi connectivity index (χ3v) is 4.73. The Balaban J connectivity index is 2.31. The highest BCUT2D eigenvalue weighted by atomic mass is 79.9. The maximum absolute atomic E-state index is 11.7. The first-order valence-corrected chi connectivity index (χ1v) is 7.87. The minimum absolute atomic E-state index is 0.00806. The third kappa shape index (κ3) is 2.99. The minimum atomic E-state index is -0.00806. The number of nitrogens with zero attached hydrogens (tertiary/aromatic N) is 1. The fraction of sp³-hybridized carbons (Fsp3) is 0.167. The van der Waals surface area contributed by atoms with Gasteiger partial charge in [-0.15, -0.1) is 11.8 Å².